The molecular weight excluding hydrogens is 1270 g/mol. The average Bonchev–Trinajstić information content (AvgIpc) is 1.14. The van der Waals surface area contributed by atoms with Crippen LogP contribution in [0.3, 0.4) is 0 Å². The predicted octanol–water partition coefficient (Wildman–Crippen LogP) is 5.24. The molecule has 3 heterocycles. The SMILES string of the molecule is CC[C@@H]1NC(=O)[C@H]([C@H](O)[C@H](C)CCCCCc2n[nH][n+](C)n2)NC(=O)[C@H](C(C)C)N(C)C(=O)[C@H](CC(C)C)CC(=O)[C@H](CC(C)C)N(C)C(=O)[C@@H](C)NC(=O)[C@H](C)CC(=O)[C@H](CC(C)C)N(C)C(=O)[C@H](C(C)C)CC(=O)[C@H]([C@@H](C)OCCCCN2CCOCC2)N(C)C(=O)[C@@H](C)CC1=O. The van der Waals surface area contributed by atoms with Crippen molar-refractivity contribution in [3.63, 3.8) is 0 Å². The number of morpholine rings is 1. The largest absolute Gasteiger partial charge is 0.390 e. The highest BCUT2D eigenvalue weighted by Gasteiger charge is 2.44. The number of nitrogens with one attached hydrogen (secondary N) is 4. The molecule has 99 heavy (non-hydrogen) atoms. The van der Waals surface area contributed by atoms with E-state index in [0.717, 1.165) is 38.9 Å². The molecule has 2 aliphatic rings. The molecule has 564 valence electrons. The number of amides is 7. The Balaban J connectivity index is 2.23. The van der Waals surface area contributed by atoms with E-state index in [4.69, 9.17) is 9.47 Å². The van der Waals surface area contributed by atoms with Crippen molar-refractivity contribution in [3.05, 3.63) is 5.82 Å². The molecule has 0 radical (unpaired) electrons. The summed E-state index contributed by atoms with van der Waals surface area (Å²) in [6.45, 7) is 32.3. The van der Waals surface area contributed by atoms with Crippen molar-refractivity contribution in [2.75, 3.05) is 67.6 Å². The Bertz CT molecular complexity index is 2790. The number of likely N-dealkylation sites (N-methyl/N-ethyl adjacent to an activating group) is 4. The monoisotopic (exact) mass is 1400 g/mol. The van der Waals surface area contributed by atoms with E-state index in [-0.39, 0.29) is 69.3 Å². The Morgan fingerprint density at radius 2 is 1.14 bits per heavy atom. The number of Topliss-reactive ketones (excluding diaryl/α,β-unsaturated/α-hetero) is 4. The van der Waals surface area contributed by atoms with Crippen LogP contribution in [0, 0.1) is 59.2 Å². The van der Waals surface area contributed by atoms with Crippen LogP contribution in [0.15, 0.2) is 0 Å². The third-order valence-electron chi connectivity index (χ3n) is 19.8. The highest BCUT2D eigenvalue weighted by atomic mass is 16.5. The Morgan fingerprint density at radius 3 is 1.69 bits per heavy atom. The Hall–Kier alpha value is -6.12. The van der Waals surface area contributed by atoms with Crippen molar-refractivity contribution < 1.29 is 72.1 Å². The van der Waals surface area contributed by atoms with Crippen molar-refractivity contribution in [2.24, 2.45) is 66.2 Å². The molecule has 26 heteroatoms. The van der Waals surface area contributed by atoms with Gasteiger partial charge in [-0.05, 0) is 118 Å². The van der Waals surface area contributed by atoms with Crippen molar-refractivity contribution in [3.8, 4) is 0 Å². The van der Waals surface area contributed by atoms with E-state index in [1.807, 2.05) is 41.5 Å². The molecule has 1 aromatic heterocycles. The number of ketones is 4. The van der Waals surface area contributed by atoms with Crippen LogP contribution in [0.1, 0.15) is 206 Å². The van der Waals surface area contributed by atoms with Crippen LogP contribution in [0.4, 0.5) is 0 Å². The fraction of sp³-hybridized carbons (Fsp3) is 0.836. The van der Waals surface area contributed by atoms with Crippen molar-refractivity contribution in [1.29, 1.82) is 0 Å². The van der Waals surface area contributed by atoms with Crippen molar-refractivity contribution in [2.45, 2.75) is 262 Å². The molecule has 0 aromatic carbocycles. The minimum absolute atomic E-state index is 0.0492. The van der Waals surface area contributed by atoms with E-state index in [1.165, 1.54) is 59.5 Å². The molecule has 3 rings (SSSR count). The smallest absolute Gasteiger partial charge is 0.308 e. The van der Waals surface area contributed by atoms with Crippen LogP contribution < -0.4 is 20.7 Å². The van der Waals surface area contributed by atoms with Gasteiger partial charge in [0.25, 0.3) is 0 Å². The van der Waals surface area contributed by atoms with Crippen LogP contribution in [-0.2, 0) is 75.7 Å². The molecule has 2 fully saturated rings. The Kier molecular flexibility index (Phi) is 37.2. The molecular formula is C73H129N12O14+. The zero-order valence-corrected chi connectivity index (χ0v) is 64.2. The summed E-state index contributed by atoms with van der Waals surface area (Å²) in [5.74, 6) is -11.5. The molecule has 0 unspecified atom stereocenters. The number of nitrogens with zero attached hydrogens (tertiary/aromatic N) is 8. The summed E-state index contributed by atoms with van der Waals surface area (Å²) in [6, 6.07) is -8.57. The average molecular weight is 1400 g/mol. The second kappa shape index (κ2) is 42.3. The minimum Gasteiger partial charge on any atom is -0.390 e. The van der Waals surface area contributed by atoms with E-state index in [1.54, 1.807) is 69.4 Å². The van der Waals surface area contributed by atoms with Gasteiger partial charge in [0.2, 0.25) is 41.4 Å². The number of aryl methyl sites for hydroxylation is 2. The molecule has 5 N–H and O–H groups in total. The Morgan fingerprint density at radius 1 is 0.576 bits per heavy atom. The van der Waals surface area contributed by atoms with E-state index in [0.29, 0.717) is 44.7 Å². The molecule has 26 nitrogen and oxygen atoms in total. The summed E-state index contributed by atoms with van der Waals surface area (Å²) < 4.78 is 11.9. The number of aromatic amines is 1. The van der Waals surface area contributed by atoms with E-state index >= 15 is 14.4 Å². The standard InChI is InChI=1S/C73H128N12O14/c1-22-55-58(86)40-50(14)70(94)83(20)65(52(16)99-33-27-26-30-85-31-34-98-35-32-85)61(89)42-54(46(8)9)73(97)81(18)56(37-44(4)5)59(87)39-49(13)67(91)74-51(15)71(95)80(17)57(38-45(6)7)60(88)41-53(36-43(2)3)72(96)82(19)64(47(10)11)69(93)76-63(68(92)75-55)66(90)48(12)28-24-23-25-29-62-77-79-84(21)78-62/h43-57,63-66,90H,22-42H2,1-21H3,(H3,74,75,76,91,92,93)/p+1/t48-,49-,50+,51-,52-,53-,54+,55+,56+,57+,63+,64+,65+,66-/m1/s1. The summed E-state index contributed by atoms with van der Waals surface area (Å²) in [5.41, 5.74) is 0. The van der Waals surface area contributed by atoms with Gasteiger partial charge in [-0.1, -0.05) is 115 Å². The van der Waals surface area contributed by atoms with Gasteiger partial charge in [0.1, 0.15) is 31.2 Å². The van der Waals surface area contributed by atoms with Gasteiger partial charge in [-0.15, -0.1) is 0 Å². The minimum atomic E-state index is -1.65. The normalized spacial score (nSPS) is 26.9. The number of tetrazole rings is 1. The number of aliphatic hydroxyl groups is 1. The van der Waals surface area contributed by atoms with E-state index in [2.05, 4.69) is 36.3 Å². The fourth-order valence-electron chi connectivity index (χ4n) is 13.8. The summed E-state index contributed by atoms with van der Waals surface area (Å²) in [4.78, 5) is 172. The molecule has 0 bridgehead atoms. The van der Waals surface area contributed by atoms with Crippen LogP contribution in [-0.4, -0.2) is 232 Å². The zero-order chi connectivity index (χ0) is 74.9. The second-order valence-electron chi connectivity index (χ2n) is 30.6. The number of rotatable bonds is 24. The van der Waals surface area contributed by atoms with Crippen molar-refractivity contribution in [1.82, 2.24) is 55.9 Å². The lowest BCUT2D eigenvalue weighted by molar-refractivity contribution is -0.784. The maximum atomic E-state index is 15.2. The van der Waals surface area contributed by atoms with Crippen LogP contribution in [0.5, 0.6) is 0 Å². The number of carbonyl (C=O) groups excluding carboxylic acids is 11. The third-order valence-corrected chi connectivity index (χ3v) is 19.8. The maximum absolute atomic E-state index is 15.2. The lowest BCUT2D eigenvalue weighted by Gasteiger charge is -2.36. The Labute approximate surface area is 591 Å². The first kappa shape index (κ1) is 87.1. The predicted molar refractivity (Wildman–Crippen MR) is 377 cm³/mol. The molecule has 14 atom stereocenters. The van der Waals surface area contributed by atoms with Gasteiger partial charge in [-0.3, -0.25) is 57.6 Å². The summed E-state index contributed by atoms with van der Waals surface area (Å²) in [7, 11) is 7.66. The lowest BCUT2D eigenvalue weighted by atomic mass is 9.85. The first-order valence-electron chi connectivity index (χ1n) is 36.8. The molecule has 0 spiro atoms. The number of unbranched alkanes of at least 4 members (excludes halogenated alkanes) is 3. The molecule has 0 saturated carbocycles. The van der Waals surface area contributed by atoms with Gasteiger partial charge >= 0.3 is 5.82 Å². The van der Waals surface area contributed by atoms with Gasteiger partial charge in [0.05, 0.1) is 48.6 Å². The van der Waals surface area contributed by atoms with Crippen LogP contribution in [0.25, 0.3) is 0 Å². The number of H-pyrrole nitrogens is 1. The molecule has 7 amide bonds. The quantitative estimate of drug-likeness (QED) is 0.0652. The second-order valence-corrected chi connectivity index (χ2v) is 30.6. The lowest BCUT2D eigenvalue weighted by Crippen LogP contribution is -2.61. The van der Waals surface area contributed by atoms with Crippen molar-refractivity contribution >= 4 is 64.5 Å². The highest BCUT2D eigenvalue weighted by molar-refractivity contribution is 6.00. The highest BCUT2D eigenvalue weighted by Crippen LogP contribution is 2.29. The number of carbonyl (C=O) groups is 11. The summed E-state index contributed by atoms with van der Waals surface area (Å²) in [6.07, 6.45) is 1.58. The van der Waals surface area contributed by atoms with E-state index in [9.17, 15) is 43.5 Å². The zero-order valence-electron chi connectivity index (χ0n) is 64.2. The first-order chi connectivity index (χ1) is 46.3. The number of aliphatic hydroxyl groups excluding tert-OH is 1. The molecule has 2 saturated heterocycles. The first-order valence-corrected chi connectivity index (χ1v) is 36.8. The summed E-state index contributed by atoms with van der Waals surface area (Å²) in [5, 5.41) is 31.9. The van der Waals surface area contributed by atoms with Crippen LogP contribution in [0.2, 0.25) is 0 Å². The maximum Gasteiger partial charge on any atom is 0.308 e. The number of hydrogen-bond acceptors (Lipinski definition) is 17. The number of aromatic nitrogens is 4. The topological polar surface area (TPSA) is 324 Å². The van der Waals surface area contributed by atoms with Crippen LogP contribution >= 0.6 is 0 Å². The van der Waals surface area contributed by atoms with Gasteiger partial charge < -0.3 is 50.1 Å². The van der Waals surface area contributed by atoms with E-state index < -0.39 is 167 Å². The summed E-state index contributed by atoms with van der Waals surface area (Å²) >= 11 is 0. The van der Waals surface area contributed by atoms with Gasteiger partial charge in [0.15, 0.2) is 23.1 Å². The van der Waals surface area contributed by atoms with Gasteiger partial charge in [0, 0.05) is 104 Å². The molecule has 0 aliphatic carbocycles. The molecule has 2 aliphatic heterocycles. The number of hydrogen-bond donors (Lipinski definition) is 5. The molecule has 1 aromatic rings. The van der Waals surface area contributed by atoms with Gasteiger partial charge in [-0.25, -0.2) is 0 Å². The number of ether oxygens (including phenoxy) is 2. The third kappa shape index (κ3) is 27.3. The van der Waals surface area contributed by atoms with Gasteiger partial charge in [-0.2, -0.15) is 0 Å². The fourth-order valence-corrected chi connectivity index (χ4v) is 13.8.